The summed E-state index contributed by atoms with van der Waals surface area (Å²) >= 11 is 0. The third kappa shape index (κ3) is 4.56. The smallest absolute Gasteiger partial charge is 0.252 e. The highest BCUT2D eigenvalue weighted by Gasteiger charge is 2.10. The summed E-state index contributed by atoms with van der Waals surface area (Å²) in [5.74, 6) is -0.113. The first-order valence-corrected chi connectivity index (χ1v) is 9.79. The van der Waals surface area contributed by atoms with E-state index in [0.717, 1.165) is 21.9 Å². The van der Waals surface area contributed by atoms with Crippen LogP contribution in [0.5, 0.6) is 0 Å². The molecule has 5 heteroatoms. The summed E-state index contributed by atoms with van der Waals surface area (Å²) < 4.78 is 11.2. The number of nitrogens with two attached hydrogens (primary N) is 1. The summed E-state index contributed by atoms with van der Waals surface area (Å²) in [4.78, 5) is 13.1. The Hall–Kier alpha value is -2.50. The van der Waals surface area contributed by atoms with Gasteiger partial charge in [-0.05, 0) is 47.0 Å². The van der Waals surface area contributed by atoms with Gasteiger partial charge in [0.15, 0.2) is 0 Å². The lowest BCUT2D eigenvalue weighted by Crippen LogP contribution is -2.23. The van der Waals surface area contributed by atoms with Crippen molar-refractivity contribution in [1.82, 2.24) is 5.32 Å². The van der Waals surface area contributed by atoms with Crippen LogP contribution in [0.1, 0.15) is 35.3 Å². The highest BCUT2D eigenvalue weighted by molar-refractivity contribution is 7.82. The van der Waals surface area contributed by atoms with Gasteiger partial charge in [0.1, 0.15) is 11.0 Å². The number of nitrogens with one attached hydrogen (secondary N) is 1. The van der Waals surface area contributed by atoms with Crippen molar-refractivity contribution >= 4 is 27.7 Å². The van der Waals surface area contributed by atoms with Crippen molar-refractivity contribution in [3.63, 3.8) is 0 Å². The standard InChI is InChI=1S/C19H18N2O2S.C2H6/c1-13-6-11-18(17-5-3-2-4-16(13)17)19(22)21-12-14-7-9-15(10-8-14)24(20)23;1-2/h2-11H,12,20H2,1H3,(H,21,22);1-2H3. The monoisotopic (exact) mass is 368 g/mol. The Morgan fingerprint density at radius 3 is 2.19 bits per heavy atom. The number of benzene rings is 3. The lowest BCUT2D eigenvalue weighted by atomic mass is 10.00. The van der Waals surface area contributed by atoms with Crippen LogP contribution >= 0.6 is 0 Å². The molecule has 0 aromatic heterocycles. The molecule has 0 fully saturated rings. The van der Waals surface area contributed by atoms with Crippen LogP contribution in [0, 0.1) is 6.92 Å². The normalized spacial score (nSPS) is 11.4. The summed E-state index contributed by atoms with van der Waals surface area (Å²) in [5, 5.41) is 10.3. The summed E-state index contributed by atoms with van der Waals surface area (Å²) in [6, 6.07) is 18.7. The molecule has 3 N–H and O–H groups in total. The van der Waals surface area contributed by atoms with Crippen LogP contribution in [0.2, 0.25) is 0 Å². The van der Waals surface area contributed by atoms with Gasteiger partial charge in [-0.2, -0.15) is 0 Å². The van der Waals surface area contributed by atoms with E-state index in [1.807, 2.05) is 69.3 Å². The molecule has 0 aliphatic heterocycles. The van der Waals surface area contributed by atoms with Gasteiger partial charge in [-0.1, -0.05) is 56.3 Å². The number of aryl methyl sites for hydroxylation is 1. The lowest BCUT2D eigenvalue weighted by Gasteiger charge is -2.10. The molecule has 0 bridgehead atoms. The zero-order chi connectivity index (χ0) is 19.1. The third-order valence-electron chi connectivity index (χ3n) is 4.00. The van der Waals surface area contributed by atoms with Gasteiger partial charge in [0.2, 0.25) is 0 Å². The van der Waals surface area contributed by atoms with Crippen LogP contribution in [0.15, 0.2) is 65.6 Å². The second-order valence-corrected chi connectivity index (χ2v) is 6.67. The number of fused-ring (bicyclic) bond motifs is 1. The van der Waals surface area contributed by atoms with Crippen LogP contribution in [-0.4, -0.2) is 10.1 Å². The number of hydrogen-bond acceptors (Lipinski definition) is 2. The molecule has 1 unspecified atom stereocenters. The molecule has 4 nitrogen and oxygen atoms in total. The van der Waals surface area contributed by atoms with Gasteiger partial charge < -0.3 is 5.32 Å². The van der Waals surface area contributed by atoms with Crippen LogP contribution < -0.4 is 10.5 Å². The molecule has 0 spiro atoms. The van der Waals surface area contributed by atoms with Crippen LogP contribution in [-0.2, 0) is 17.5 Å². The molecule has 0 radical (unpaired) electrons. The van der Waals surface area contributed by atoms with Gasteiger partial charge >= 0.3 is 0 Å². The van der Waals surface area contributed by atoms with Crippen molar-refractivity contribution < 1.29 is 9.00 Å². The van der Waals surface area contributed by atoms with Gasteiger partial charge in [-0.15, -0.1) is 0 Å². The van der Waals surface area contributed by atoms with E-state index in [9.17, 15) is 9.00 Å². The average molecular weight is 369 g/mol. The number of carbonyl (C=O) groups is 1. The van der Waals surface area contributed by atoms with Crippen molar-refractivity contribution in [2.75, 3.05) is 0 Å². The minimum Gasteiger partial charge on any atom is -0.348 e. The zero-order valence-corrected chi connectivity index (χ0v) is 16.1. The van der Waals surface area contributed by atoms with Gasteiger partial charge in [-0.25, -0.2) is 9.35 Å². The highest BCUT2D eigenvalue weighted by Crippen LogP contribution is 2.22. The molecule has 0 saturated carbocycles. The van der Waals surface area contributed by atoms with Crippen molar-refractivity contribution in [3.8, 4) is 0 Å². The maximum atomic E-state index is 12.5. The van der Waals surface area contributed by atoms with E-state index >= 15 is 0 Å². The van der Waals surface area contributed by atoms with E-state index in [1.165, 1.54) is 0 Å². The second kappa shape index (κ2) is 9.27. The number of hydrogen-bond donors (Lipinski definition) is 2. The molecule has 0 aliphatic carbocycles. The SMILES string of the molecule is CC.Cc1ccc(C(=O)NCc2ccc(S(N)=O)cc2)c2ccccc12. The topological polar surface area (TPSA) is 72.2 Å². The Balaban J connectivity index is 0.00000117. The average Bonchev–Trinajstić information content (AvgIpc) is 2.68. The fourth-order valence-corrected chi connectivity index (χ4v) is 3.07. The summed E-state index contributed by atoms with van der Waals surface area (Å²) in [6.07, 6.45) is 0. The van der Waals surface area contributed by atoms with Crippen molar-refractivity contribution in [2.24, 2.45) is 5.14 Å². The number of rotatable bonds is 4. The molecule has 3 aromatic carbocycles. The fraction of sp³-hybridized carbons (Fsp3) is 0.190. The van der Waals surface area contributed by atoms with Crippen molar-refractivity contribution in [2.45, 2.75) is 32.2 Å². The molecule has 3 rings (SSSR count). The molecule has 1 atom stereocenters. The van der Waals surface area contributed by atoms with Gasteiger partial charge in [-0.3, -0.25) is 4.79 Å². The first kappa shape index (κ1) is 19.8. The first-order chi connectivity index (χ1) is 12.6. The van der Waals surface area contributed by atoms with Crippen LogP contribution in [0.4, 0.5) is 0 Å². The second-order valence-electron chi connectivity index (χ2n) is 5.60. The highest BCUT2D eigenvalue weighted by atomic mass is 32.2. The van der Waals surface area contributed by atoms with E-state index in [4.69, 9.17) is 5.14 Å². The molecule has 0 heterocycles. The molecule has 1 amide bonds. The van der Waals surface area contributed by atoms with Gasteiger partial charge in [0.25, 0.3) is 5.91 Å². The Bertz CT molecular complexity index is 921. The fourth-order valence-electron chi connectivity index (χ4n) is 2.67. The Labute approximate surface area is 157 Å². The molecule has 3 aromatic rings. The number of carbonyl (C=O) groups excluding carboxylic acids is 1. The molecule has 0 aliphatic rings. The first-order valence-electron chi connectivity index (χ1n) is 8.58. The van der Waals surface area contributed by atoms with Crippen molar-refractivity contribution in [3.05, 3.63) is 77.4 Å². The minimum absolute atomic E-state index is 0.113. The third-order valence-corrected chi connectivity index (χ3v) is 4.73. The van der Waals surface area contributed by atoms with E-state index in [-0.39, 0.29) is 5.91 Å². The van der Waals surface area contributed by atoms with Crippen LogP contribution in [0.25, 0.3) is 10.8 Å². The molecule has 26 heavy (non-hydrogen) atoms. The van der Waals surface area contributed by atoms with E-state index in [2.05, 4.69) is 5.32 Å². The quantitative estimate of drug-likeness (QED) is 0.728. The predicted molar refractivity (Wildman–Crippen MR) is 108 cm³/mol. The Morgan fingerprint density at radius 1 is 0.962 bits per heavy atom. The minimum atomic E-state index is -1.49. The molecular formula is C21H24N2O2S. The molecule has 136 valence electrons. The largest absolute Gasteiger partial charge is 0.348 e. The maximum absolute atomic E-state index is 12.5. The lowest BCUT2D eigenvalue weighted by molar-refractivity contribution is 0.0952. The van der Waals surface area contributed by atoms with Crippen LogP contribution in [0.3, 0.4) is 0 Å². The van der Waals surface area contributed by atoms with E-state index in [0.29, 0.717) is 17.0 Å². The molecular weight excluding hydrogens is 344 g/mol. The molecule has 0 saturated heterocycles. The Kier molecular flexibility index (Phi) is 7.06. The van der Waals surface area contributed by atoms with Crippen molar-refractivity contribution in [1.29, 1.82) is 0 Å². The predicted octanol–water partition coefficient (Wildman–Crippen LogP) is 4.09. The van der Waals surface area contributed by atoms with Gasteiger partial charge in [0, 0.05) is 12.1 Å². The summed E-state index contributed by atoms with van der Waals surface area (Å²) in [5.41, 5.74) is 2.73. The van der Waals surface area contributed by atoms with Gasteiger partial charge in [0.05, 0.1) is 4.90 Å². The van der Waals surface area contributed by atoms with E-state index < -0.39 is 11.0 Å². The number of amides is 1. The summed E-state index contributed by atoms with van der Waals surface area (Å²) in [7, 11) is -1.49. The Morgan fingerprint density at radius 2 is 1.58 bits per heavy atom. The summed E-state index contributed by atoms with van der Waals surface area (Å²) in [6.45, 7) is 6.44. The van der Waals surface area contributed by atoms with E-state index in [1.54, 1.807) is 12.1 Å². The zero-order valence-electron chi connectivity index (χ0n) is 15.3. The maximum Gasteiger partial charge on any atom is 0.252 e.